The maximum atomic E-state index is 10.9. The summed E-state index contributed by atoms with van der Waals surface area (Å²) in [6, 6.07) is 3.68. The number of hydrogen-bond donors (Lipinski definition) is 3. The summed E-state index contributed by atoms with van der Waals surface area (Å²) in [6.07, 6.45) is 6.31. The molecule has 0 fully saturated rings. The van der Waals surface area contributed by atoms with Gasteiger partial charge in [-0.15, -0.1) is 24.0 Å². The number of primary amides is 1. The molecule has 1 aromatic rings. The highest BCUT2D eigenvalue weighted by Gasteiger charge is 2.12. The van der Waals surface area contributed by atoms with Crippen molar-refractivity contribution >= 4 is 35.8 Å². The van der Waals surface area contributed by atoms with E-state index in [-0.39, 0.29) is 29.7 Å². The van der Waals surface area contributed by atoms with Gasteiger partial charge in [-0.3, -0.25) is 9.79 Å². The van der Waals surface area contributed by atoms with E-state index >= 15 is 0 Å². The highest BCUT2D eigenvalue weighted by molar-refractivity contribution is 14.0. The highest BCUT2D eigenvalue weighted by Crippen LogP contribution is 2.09. The summed E-state index contributed by atoms with van der Waals surface area (Å²) in [6.45, 7) is 0.451. The number of hydrogen-bond acceptors (Lipinski definition) is 3. The van der Waals surface area contributed by atoms with E-state index in [1.807, 2.05) is 0 Å². The van der Waals surface area contributed by atoms with Gasteiger partial charge in [0, 0.05) is 13.1 Å². The van der Waals surface area contributed by atoms with Crippen LogP contribution in [0.3, 0.4) is 0 Å². The van der Waals surface area contributed by atoms with Crippen LogP contribution in [0.4, 0.5) is 0 Å². The van der Waals surface area contributed by atoms with Gasteiger partial charge in [0.05, 0.1) is 6.54 Å². The molecular formula is C13H19IN4O2. The molecule has 2 rings (SSSR count). The van der Waals surface area contributed by atoms with Gasteiger partial charge in [-0.25, -0.2) is 0 Å². The SMILES string of the molecule is CN=C(NCc1ccc(C(N)=O)o1)NC1CC=CC1.I. The van der Waals surface area contributed by atoms with Gasteiger partial charge in [0.25, 0.3) is 5.91 Å². The van der Waals surface area contributed by atoms with Crippen LogP contribution in [-0.2, 0) is 6.54 Å². The molecule has 1 aliphatic rings. The lowest BCUT2D eigenvalue weighted by molar-refractivity contribution is 0.0972. The summed E-state index contributed by atoms with van der Waals surface area (Å²) >= 11 is 0. The van der Waals surface area contributed by atoms with E-state index in [2.05, 4.69) is 27.8 Å². The van der Waals surface area contributed by atoms with Crippen molar-refractivity contribution in [3.8, 4) is 0 Å². The molecule has 7 heteroatoms. The van der Waals surface area contributed by atoms with Gasteiger partial charge < -0.3 is 20.8 Å². The normalized spacial score (nSPS) is 14.9. The first-order valence-corrected chi connectivity index (χ1v) is 6.19. The van der Waals surface area contributed by atoms with Crippen LogP contribution in [-0.4, -0.2) is 25.0 Å². The Balaban J connectivity index is 0.00000200. The standard InChI is InChI=1S/C13H18N4O2.HI/c1-15-13(17-9-4-2-3-5-9)16-8-10-6-7-11(19-10)12(14)18;/h2-3,6-7,9H,4-5,8H2,1H3,(H2,14,18)(H2,15,16,17);1H. The Kier molecular flexibility index (Phi) is 6.56. The lowest BCUT2D eigenvalue weighted by atomic mass is 10.2. The fourth-order valence-corrected chi connectivity index (χ4v) is 1.90. The van der Waals surface area contributed by atoms with Crippen LogP contribution in [0.5, 0.6) is 0 Å². The highest BCUT2D eigenvalue weighted by atomic mass is 127. The van der Waals surface area contributed by atoms with E-state index in [4.69, 9.17) is 10.2 Å². The molecule has 6 nitrogen and oxygen atoms in total. The summed E-state index contributed by atoms with van der Waals surface area (Å²) in [7, 11) is 1.72. The molecule has 0 spiro atoms. The van der Waals surface area contributed by atoms with Gasteiger partial charge in [0.1, 0.15) is 5.76 Å². The average molecular weight is 390 g/mol. The van der Waals surface area contributed by atoms with Crippen LogP contribution >= 0.6 is 24.0 Å². The van der Waals surface area contributed by atoms with Gasteiger partial charge in [0.15, 0.2) is 11.7 Å². The maximum absolute atomic E-state index is 10.9. The van der Waals surface area contributed by atoms with Crippen LogP contribution in [0.1, 0.15) is 29.2 Å². The van der Waals surface area contributed by atoms with Crippen LogP contribution in [0, 0.1) is 0 Å². The van der Waals surface area contributed by atoms with Crippen LogP contribution in [0.15, 0.2) is 33.7 Å². The first-order chi connectivity index (χ1) is 9.19. The largest absolute Gasteiger partial charge is 0.454 e. The summed E-state index contributed by atoms with van der Waals surface area (Å²) in [5.74, 6) is 0.956. The topological polar surface area (TPSA) is 92.6 Å². The number of nitrogens with zero attached hydrogens (tertiary/aromatic N) is 1. The van der Waals surface area contributed by atoms with Crippen molar-refractivity contribution in [2.45, 2.75) is 25.4 Å². The molecule has 20 heavy (non-hydrogen) atoms. The van der Waals surface area contributed by atoms with E-state index in [0.29, 0.717) is 24.3 Å². The predicted molar refractivity (Wildman–Crippen MR) is 88.1 cm³/mol. The number of aliphatic imine (C=N–C) groups is 1. The second kappa shape index (κ2) is 7.93. The Morgan fingerprint density at radius 3 is 2.70 bits per heavy atom. The first-order valence-electron chi connectivity index (χ1n) is 6.19. The Labute approximate surface area is 134 Å². The van der Waals surface area contributed by atoms with Gasteiger partial charge in [-0.05, 0) is 25.0 Å². The first kappa shape index (κ1) is 16.5. The van der Waals surface area contributed by atoms with E-state index in [9.17, 15) is 4.79 Å². The van der Waals surface area contributed by atoms with Crippen molar-refractivity contribution in [3.05, 3.63) is 35.8 Å². The molecule has 110 valence electrons. The molecule has 1 aliphatic carbocycles. The van der Waals surface area contributed by atoms with Gasteiger partial charge >= 0.3 is 0 Å². The number of guanidine groups is 1. The number of nitrogens with one attached hydrogen (secondary N) is 2. The lowest BCUT2D eigenvalue weighted by Gasteiger charge is -2.16. The summed E-state index contributed by atoms with van der Waals surface area (Å²) in [5, 5.41) is 6.44. The number of amides is 1. The summed E-state index contributed by atoms with van der Waals surface area (Å²) < 4.78 is 5.28. The van der Waals surface area contributed by atoms with E-state index < -0.39 is 5.91 Å². The summed E-state index contributed by atoms with van der Waals surface area (Å²) in [5.41, 5.74) is 5.12. The number of rotatable bonds is 4. The third kappa shape index (κ3) is 4.55. The van der Waals surface area contributed by atoms with E-state index in [0.717, 1.165) is 12.8 Å². The summed E-state index contributed by atoms with van der Waals surface area (Å²) in [4.78, 5) is 15.0. The van der Waals surface area contributed by atoms with Crippen molar-refractivity contribution < 1.29 is 9.21 Å². The van der Waals surface area contributed by atoms with Crippen molar-refractivity contribution in [1.29, 1.82) is 0 Å². The zero-order valence-electron chi connectivity index (χ0n) is 11.3. The molecule has 0 saturated carbocycles. The van der Waals surface area contributed by atoms with Crippen molar-refractivity contribution in [2.24, 2.45) is 10.7 Å². The quantitative estimate of drug-likeness (QED) is 0.314. The molecule has 0 atom stereocenters. The van der Waals surface area contributed by atoms with Crippen LogP contribution in [0.2, 0.25) is 0 Å². The Morgan fingerprint density at radius 2 is 2.15 bits per heavy atom. The third-order valence-corrected chi connectivity index (χ3v) is 2.91. The van der Waals surface area contributed by atoms with Gasteiger partial charge in [-0.2, -0.15) is 0 Å². The second-order valence-electron chi connectivity index (χ2n) is 4.34. The molecule has 1 heterocycles. The molecule has 1 aromatic heterocycles. The molecule has 0 bridgehead atoms. The zero-order chi connectivity index (χ0) is 13.7. The number of furan rings is 1. The monoisotopic (exact) mass is 390 g/mol. The minimum absolute atomic E-state index is 0. The Morgan fingerprint density at radius 1 is 1.45 bits per heavy atom. The second-order valence-corrected chi connectivity index (χ2v) is 4.34. The van der Waals surface area contributed by atoms with E-state index in [1.54, 1.807) is 19.2 Å². The van der Waals surface area contributed by atoms with Crippen LogP contribution < -0.4 is 16.4 Å². The minimum Gasteiger partial charge on any atom is -0.454 e. The van der Waals surface area contributed by atoms with E-state index in [1.165, 1.54) is 0 Å². The minimum atomic E-state index is -0.564. The fraction of sp³-hybridized carbons (Fsp3) is 0.385. The number of halogens is 1. The molecular weight excluding hydrogens is 371 g/mol. The molecule has 0 unspecified atom stereocenters. The van der Waals surface area contributed by atoms with Crippen molar-refractivity contribution in [2.75, 3.05) is 7.05 Å². The molecule has 0 saturated heterocycles. The number of nitrogens with two attached hydrogens (primary N) is 1. The zero-order valence-corrected chi connectivity index (χ0v) is 13.6. The Bertz CT molecular complexity index is 502. The van der Waals surface area contributed by atoms with Crippen LogP contribution in [0.25, 0.3) is 0 Å². The Hall–Kier alpha value is -1.51. The lowest BCUT2D eigenvalue weighted by Crippen LogP contribution is -2.42. The number of carbonyl (C=O) groups is 1. The maximum Gasteiger partial charge on any atom is 0.284 e. The van der Waals surface area contributed by atoms with Crippen molar-refractivity contribution in [1.82, 2.24) is 10.6 Å². The average Bonchev–Trinajstić information content (AvgIpc) is 3.05. The number of carbonyl (C=O) groups excluding carboxylic acids is 1. The van der Waals surface area contributed by atoms with Gasteiger partial charge in [-0.1, -0.05) is 12.2 Å². The van der Waals surface area contributed by atoms with Crippen molar-refractivity contribution in [3.63, 3.8) is 0 Å². The third-order valence-electron chi connectivity index (χ3n) is 2.91. The fourth-order valence-electron chi connectivity index (χ4n) is 1.90. The molecule has 1 amide bonds. The molecule has 0 aromatic carbocycles. The molecule has 0 aliphatic heterocycles. The smallest absolute Gasteiger partial charge is 0.284 e. The predicted octanol–water partition coefficient (Wildman–Crippen LogP) is 1.38. The molecule has 4 N–H and O–H groups in total. The van der Waals surface area contributed by atoms with Gasteiger partial charge in [0.2, 0.25) is 0 Å². The molecule has 0 radical (unpaired) electrons.